The molecule has 18 heavy (non-hydrogen) atoms. The first-order valence-corrected chi connectivity index (χ1v) is 7.78. The third-order valence-corrected chi connectivity index (χ3v) is 4.24. The van der Waals surface area contributed by atoms with Gasteiger partial charge in [0.15, 0.2) is 0 Å². The number of nitrogens with zero attached hydrogens (tertiary/aromatic N) is 1. The molecule has 1 heterocycles. The minimum Gasteiger partial charge on any atom is -0.239 e. The molecule has 0 aliphatic carbocycles. The van der Waals surface area contributed by atoms with Crippen molar-refractivity contribution in [1.29, 1.82) is 0 Å². The van der Waals surface area contributed by atoms with Gasteiger partial charge in [0.1, 0.15) is 5.52 Å². The molecule has 0 amide bonds. The van der Waals surface area contributed by atoms with E-state index >= 15 is 0 Å². The second-order valence-corrected chi connectivity index (χ2v) is 6.18. The van der Waals surface area contributed by atoms with Crippen LogP contribution in [0.3, 0.4) is 0 Å². The summed E-state index contributed by atoms with van der Waals surface area (Å²) in [4.78, 5) is 4.60. The molecule has 0 aliphatic rings. The Hall–Kier alpha value is -0.600. The predicted octanol–water partition coefficient (Wildman–Crippen LogP) is 6.22. The van der Waals surface area contributed by atoms with Crippen molar-refractivity contribution >= 4 is 33.2 Å². The zero-order valence-corrected chi connectivity index (χ0v) is 13.6. The average Bonchev–Trinajstić information content (AvgIpc) is 2.76. The van der Waals surface area contributed by atoms with Gasteiger partial charge in [-0.05, 0) is 23.6 Å². The maximum absolute atomic E-state index is 6.27. The molecule has 100 valence electrons. The summed E-state index contributed by atoms with van der Waals surface area (Å²) in [5, 5.41) is 1.95. The van der Waals surface area contributed by atoms with Gasteiger partial charge in [0.25, 0.3) is 0 Å². The molecular weight excluding hydrogens is 262 g/mol. The van der Waals surface area contributed by atoms with E-state index in [-0.39, 0.29) is 0 Å². The zero-order valence-electron chi connectivity index (χ0n) is 12.0. The van der Waals surface area contributed by atoms with Gasteiger partial charge in [-0.1, -0.05) is 53.1 Å². The van der Waals surface area contributed by atoms with Crippen LogP contribution in [-0.2, 0) is 0 Å². The van der Waals surface area contributed by atoms with Crippen LogP contribution in [0.25, 0.3) is 10.2 Å². The van der Waals surface area contributed by atoms with Crippen LogP contribution in [0.1, 0.15) is 63.9 Å². The average molecular weight is 284 g/mol. The van der Waals surface area contributed by atoms with Gasteiger partial charge < -0.3 is 0 Å². The molecule has 0 radical (unpaired) electrons. The van der Waals surface area contributed by atoms with Crippen molar-refractivity contribution in [2.45, 2.75) is 53.4 Å². The molecule has 2 rings (SSSR count). The molecule has 2 aromatic rings. The van der Waals surface area contributed by atoms with Gasteiger partial charge in [-0.25, -0.2) is 4.98 Å². The summed E-state index contributed by atoms with van der Waals surface area (Å²) in [6, 6.07) is 4.26. The van der Waals surface area contributed by atoms with Gasteiger partial charge in [-0.3, -0.25) is 0 Å². The van der Waals surface area contributed by atoms with Gasteiger partial charge in [0.2, 0.25) is 0 Å². The van der Waals surface area contributed by atoms with Gasteiger partial charge in [0.05, 0.1) is 14.7 Å². The van der Waals surface area contributed by atoms with Crippen molar-refractivity contribution in [1.82, 2.24) is 4.98 Å². The first kappa shape index (κ1) is 15.5. The fraction of sp³-hybridized carbons (Fsp3) is 0.533. The van der Waals surface area contributed by atoms with E-state index < -0.39 is 0 Å². The number of fused-ring (bicyclic) bond motifs is 1. The number of hydrogen-bond donors (Lipinski definition) is 0. The van der Waals surface area contributed by atoms with Crippen LogP contribution in [0.2, 0.25) is 5.02 Å². The highest BCUT2D eigenvalue weighted by molar-refractivity contribution is 7.18. The molecule has 0 N–H and O–H groups in total. The second kappa shape index (κ2) is 6.53. The summed E-state index contributed by atoms with van der Waals surface area (Å²) in [5.74, 6) is 0.975. The van der Waals surface area contributed by atoms with Gasteiger partial charge in [0, 0.05) is 5.92 Å². The minimum absolute atomic E-state index is 0.468. The number of aromatic nitrogens is 1. The minimum atomic E-state index is 0.468. The van der Waals surface area contributed by atoms with Crippen LogP contribution in [0.4, 0.5) is 0 Å². The molecule has 0 saturated carbocycles. The first-order valence-electron chi connectivity index (χ1n) is 6.59. The topological polar surface area (TPSA) is 12.9 Å². The van der Waals surface area contributed by atoms with Crippen molar-refractivity contribution in [2.75, 3.05) is 0 Å². The Bertz CT molecular complexity index is 514. The third-order valence-electron chi connectivity index (χ3n) is 2.65. The van der Waals surface area contributed by atoms with Crippen LogP contribution in [-0.4, -0.2) is 4.98 Å². The van der Waals surface area contributed by atoms with Gasteiger partial charge in [-0.15, -0.1) is 11.3 Å². The normalized spacial score (nSPS) is 10.9. The lowest BCUT2D eigenvalue weighted by atomic mass is 10.0. The highest BCUT2D eigenvalue weighted by Gasteiger charge is 2.12. The number of halogens is 1. The van der Waals surface area contributed by atoms with Crippen LogP contribution in [0, 0.1) is 0 Å². The van der Waals surface area contributed by atoms with Crippen LogP contribution in [0.5, 0.6) is 0 Å². The Morgan fingerprint density at radius 1 is 1.06 bits per heavy atom. The van der Waals surface area contributed by atoms with Crippen LogP contribution >= 0.6 is 22.9 Å². The quantitative estimate of drug-likeness (QED) is 0.637. The molecule has 0 unspecified atom stereocenters. The largest absolute Gasteiger partial charge is 0.239 e. The maximum Gasteiger partial charge on any atom is 0.100 e. The fourth-order valence-corrected chi connectivity index (χ4v) is 2.98. The van der Waals surface area contributed by atoms with Gasteiger partial charge >= 0.3 is 0 Å². The summed E-state index contributed by atoms with van der Waals surface area (Å²) in [5.41, 5.74) is 2.25. The smallest absolute Gasteiger partial charge is 0.100 e. The first-order chi connectivity index (χ1) is 8.49. The number of rotatable bonds is 2. The Balaban J connectivity index is 0.000000771. The molecule has 1 aromatic heterocycles. The zero-order chi connectivity index (χ0) is 13.9. The molecule has 1 aromatic carbocycles. The van der Waals surface area contributed by atoms with Crippen LogP contribution < -0.4 is 0 Å². The SMILES string of the molecule is CC.CC(C)c1cc(Cl)c2nc(C(C)C)sc2c1. The lowest BCUT2D eigenvalue weighted by Gasteiger charge is -2.05. The fourth-order valence-electron chi connectivity index (χ4n) is 1.61. The standard InChI is InChI=1S/C13H16ClNS.C2H6/c1-7(2)9-5-10(14)12-11(6-9)16-13(15-12)8(3)4;1-2/h5-8H,1-4H3;1-2H3. The Morgan fingerprint density at radius 2 is 1.67 bits per heavy atom. The Morgan fingerprint density at radius 3 is 2.17 bits per heavy atom. The predicted molar refractivity (Wildman–Crippen MR) is 84.2 cm³/mol. The monoisotopic (exact) mass is 283 g/mol. The summed E-state index contributed by atoms with van der Waals surface area (Å²) in [7, 11) is 0. The highest BCUT2D eigenvalue weighted by atomic mass is 35.5. The van der Waals surface area contributed by atoms with E-state index in [1.165, 1.54) is 10.3 Å². The van der Waals surface area contributed by atoms with Gasteiger partial charge in [-0.2, -0.15) is 0 Å². The molecule has 0 aliphatic heterocycles. The number of benzene rings is 1. The molecule has 0 fully saturated rings. The second-order valence-electron chi connectivity index (χ2n) is 4.71. The van der Waals surface area contributed by atoms with Crippen molar-refractivity contribution in [2.24, 2.45) is 0 Å². The van der Waals surface area contributed by atoms with E-state index in [0.29, 0.717) is 11.8 Å². The summed E-state index contributed by atoms with van der Waals surface area (Å²) in [6.07, 6.45) is 0. The highest BCUT2D eigenvalue weighted by Crippen LogP contribution is 2.34. The molecule has 0 spiro atoms. The van der Waals surface area contributed by atoms with Crippen LogP contribution in [0.15, 0.2) is 12.1 Å². The summed E-state index contributed by atoms with van der Waals surface area (Å²) >= 11 is 8.02. The molecule has 0 atom stereocenters. The van der Waals surface area contributed by atoms with E-state index in [4.69, 9.17) is 11.6 Å². The number of hydrogen-bond acceptors (Lipinski definition) is 2. The third kappa shape index (κ3) is 3.24. The Kier molecular flexibility index (Phi) is 5.61. The van der Waals surface area contributed by atoms with E-state index in [1.54, 1.807) is 11.3 Å². The molecule has 0 bridgehead atoms. The Labute approximate surface area is 119 Å². The number of thiazole rings is 1. The van der Waals surface area contributed by atoms with Crippen molar-refractivity contribution in [3.05, 3.63) is 27.7 Å². The van der Waals surface area contributed by atoms with Crippen molar-refractivity contribution in [3.63, 3.8) is 0 Å². The molecular formula is C15H22ClNS. The van der Waals surface area contributed by atoms with Crippen molar-refractivity contribution < 1.29 is 0 Å². The molecule has 0 saturated heterocycles. The summed E-state index contributed by atoms with van der Waals surface area (Å²) in [6.45, 7) is 12.7. The van der Waals surface area contributed by atoms with E-state index in [2.05, 4.69) is 38.7 Å². The van der Waals surface area contributed by atoms with E-state index in [9.17, 15) is 0 Å². The lowest BCUT2D eigenvalue weighted by molar-refractivity contribution is 0.856. The van der Waals surface area contributed by atoms with E-state index in [1.807, 2.05) is 19.9 Å². The lowest BCUT2D eigenvalue weighted by Crippen LogP contribution is -1.87. The maximum atomic E-state index is 6.27. The van der Waals surface area contributed by atoms with Crippen molar-refractivity contribution in [3.8, 4) is 0 Å². The molecule has 1 nitrogen and oxygen atoms in total. The summed E-state index contributed by atoms with van der Waals surface area (Å²) < 4.78 is 1.21. The molecule has 3 heteroatoms. The van der Waals surface area contributed by atoms with E-state index in [0.717, 1.165) is 15.5 Å².